The molecule has 0 aromatic carbocycles. The normalized spacial score (nSPS) is 14.1. The van der Waals surface area contributed by atoms with E-state index in [0.717, 1.165) is 77.0 Å². The number of nitrogens with one attached hydrogen (secondary N) is 1. The molecule has 0 radical (unpaired) electrons. The van der Waals surface area contributed by atoms with Crippen LogP contribution in [0.15, 0.2) is 24.3 Å². The van der Waals surface area contributed by atoms with Crippen LogP contribution in [0, 0.1) is 0 Å². The molecular weight excluding hydrogens is 685 g/mol. The predicted octanol–water partition coefficient (Wildman–Crippen LogP) is 9.89. The summed E-state index contributed by atoms with van der Waals surface area (Å²) in [6, 6.07) is -1.55. The molecule has 12 heteroatoms. The number of ether oxygens (including phenoxy) is 1. The largest absolute Gasteiger partial charge is 0.480 e. The van der Waals surface area contributed by atoms with Crippen LogP contribution >= 0.6 is 7.82 Å². The second-order valence-corrected chi connectivity index (χ2v) is 15.3. The molecule has 0 spiro atoms. The Hall–Kier alpha value is -2.04. The number of esters is 1. The van der Waals surface area contributed by atoms with Gasteiger partial charge in [-0.25, -0.2) is 9.36 Å². The number of carbonyl (C=O) groups is 3. The Morgan fingerprint density at radius 3 is 1.48 bits per heavy atom. The van der Waals surface area contributed by atoms with Crippen LogP contribution in [0.1, 0.15) is 181 Å². The molecule has 0 aliphatic carbocycles. The van der Waals surface area contributed by atoms with Gasteiger partial charge >= 0.3 is 19.8 Å². The number of allylic oxidation sites excluding steroid dienone is 4. The Kier molecular flexibility index (Phi) is 34.6. The monoisotopic (exact) mass is 760 g/mol. The van der Waals surface area contributed by atoms with Crippen molar-refractivity contribution in [3.8, 4) is 0 Å². The van der Waals surface area contributed by atoms with Crippen LogP contribution in [-0.2, 0) is 32.7 Å². The van der Waals surface area contributed by atoms with Gasteiger partial charge in [0.25, 0.3) is 0 Å². The molecule has 4 N–H and O–H groups in total. The summed E-state index contributed by atoms with van der Waals surface area (Å²) in [6.45, 7) is 2.54. The minimum Gasteiger partial charge on any atom is -0.480 e. The van der Waals surface area contributed by atoms with Crippen molar-refractivity contribution in [3.63, 3.8) is 0 Å². The number of carbonyl (C=O) groups excluding carboxylic acids is 2. The molecule has 0 aliphatic heterocycles. The maximum absolute atomic E-state index is 12.3. The maximum Gasteiger partial charge on any atom is 0.472 e. The zero-order valence-corrected chi connectivity index (χ0v) is 33.5. The van der Waals surface area contributed by atoms with Gasteiger partial charge in [-0.3, -0.25) is 18.6 Å². The van der Waals surface area contributed by atoms with E-state index in [1.807, 2.05) is 0 Å². The van der Waals surface area contributed by atoms with Crippen LogP contribution < -0.4 is 5.32 Å². The molecule has 52 heavy (non-hydrogen) atoms. The third kappa shape index (κ3) is 35.0. The third-order valence-corrected chi connectivity index (χ3v) is 9.66. The van der Waals surface area contributed by atoms with Crippen molar-refractivity contribution >= 4 is 25.7 Å². The van der Waals surface area contributed by atoms with Gasteiger partial charge < -0.3 is 25.2 Å². The highest BCUT2D eigenvalue weighted by Crippen LogP contribution is 2.43. The smallest absolute Gasteiger partial charge is 0.472 e. The number of rotatable bonds is 38. The maximum atomic E-state index is 12.3. The number of hydrogen-bond acceptors (Lipinski definition) is 8. The first kappa shape index (κ1) is 50.0. The second-order valence-electron chi connectivity index (χ2n) is 13.8. The van der Waals surface area contributed by atoms with E-state index in [4.69, 9.17) is 13.8 Å². The molecule has 11 nitrogen and oxygen atoms in total. The summed E-state index contributed by atoms with van der Waals surface area (Å²) >= 11 is 0. The number of unbranched alkanes of at least 4 members (excludes halogenated alkanes) is 20. The molecule has 3 unspecified atom stereocenters. The number of aliphatic hydroxyl groups is 1. The van der Waals surface area contributed by atoms with Gasteiger partial charge in [-0.2, -0.15) is 0 Å². The molecular formula is C40H74NO10P. The van der Waals surface area contributed by atoms with Crippen LogP contribution in [0.5, 0.6) is 0 Å². The molecule has 1 amide bonds. The fourth-order valence-electron chi connectivity index (χ4n) is 5.48. The molecule has 0 saturated heterocycles. The molecule has 3 atom stereocenters. The lowest BCUT2D eigenvalue weighted by Crippen LogP contribution is -2.43. The fraction of sp³-hybridized carbons (Fsp3) is 0.825. The molecule has 0 saturated carbocycles. The van der Waals surface area contributed by atoms with Gasteiger partial charge in [0.2, 0.25) is 5.91 Å². The van der Waals surface area contributed by atoms with Crippen molar-refractivity contribution in [2.45, 2.75) is 193 Å². The van der Waals surface area contributed by atoms with Crippen LogP contribution in [0.4, 0.5) is 0 Å². The van der Waals surface area contributed by atoms with Gasteiger partial charge in [0.05, 0.1) is 13.2 Å². The Morgan fingerprint density at radius 1 is 0.596 bits per heavy atom. The van der Waals surface area contributed by atoms with Crippen molar-refractivity contribution < 1.29 is 47.8 Å². The van der Waals surface area contributed by atoms with E-state index in [9.17, 15) is 34.1 Å². The lowest BCUT2D eigenvalue weighted by molar-refractivity contribution is -0.147. The Morgan fingerprint density at radius 2 is 1.00 bits per heavy atom. The van der Waals surface area contributed by atoms with Crippen molar-refractivity contribution in [1.82, 2.24) is 5.32 Å². The van der Waals surface area contributed by atoms with Gasteiger partial charge in [0.1, 0.15) is 12.7 Å². The summed E-state index contributed by atoms with van der Waals surface area (Å²) in [5.74, 6) is -2.39. The number of hydrogen-bond donors (Lipinski definition) is 4. The van der Waals surface area contributed by atoms with Crippen LogP contribution in [0.2, 0.25) is 0 Å². The van der Waals surface area contributed by atoms with Gasteiger partial charge in [0, 0.05) is 12.8 Å². The molecule has 304 valence electrons. The van der Waals surface area contributed by atoms with Gasteiger partial charge in [-0.1, -0.05) is 128 Å². The van der Waals surface area contributed by atoms with Gasteiger partial charge in [0.15, 0.2) is 6.04 Å². The summed E-state index contributed by atoms with van der Waals surface area (Å²) in [4.78, 5) is 45.8. The number of aliphatic hydroxyl groups excluding tert-OH is 1. The first-order valence-corrected chi connectivity index (χ1v) is 21.9. The SMILES string of the molecule is CCCCCC/C=C\CCCCCCCC(=O)OCC(O)COP(=O)(O)OCC(NC(=O)CCCCCCC/C=C\CCCCCCCC)C(=O)O. The summed E-state index contributed by atoms with van der Waals surface area (Å²) in [5.41, 5.74) is 0. The molecule has 0 aromatic rings. The van der Waals surface area contributed by atoms with E-state index in [1.165, 1.54) is 64.2 Å². The van der Waals surface area contributed by atoms with Crippen LogP contribution in [-0.4, -0.2) is 64.9 Å². The average Bonchev–Trinajstić information content (AvgIpc) is 3.11. The van der Waals surface area contributed by atoms with Crippen molar-refractivity contribution in [1.29, 1.82) is 0 Å². The molecule has 0 aromatic heterocycles. The molecule has 0 aliphatic rings. The zero-order chi connectivity index (χ0) is 38.5. The second kappa shape index (κ2) is 36.0. The minimum atomic E-state index is -4.75. The van der Waals surface area contributed by atoms with E-state index in [1.54, 1.807) is 0 Å². The lowest BCUT2D eigenvalue weighted by Gasteiger charge is -2.18. The Balaban J connectivity index is 3.96. The summed E-state index contributed by atoms with van der Waals surface area (Å²) in [5, 5.41) is 21.8. The standard InChI is InChI=1S/C40H74NO10P/c1-3-5-7-9-11-13-15-17-18-20-21-23-25-27-29-31-38(43)41-37(40(45)46)35-51-52(47,48)50-34-36(42)33-49-39(44)32-30-28-26-24-22-19-16-14-12-10-8-6-4-2/h14,16-18,36-37,42H,3-13,15,19-35H2,1-2H3,(H,41,43)(H,45,46)(H,47,48)/b16-14-,18-17-. The first-order chi connectivity index (χ1) is 25.1. The summed E-state index contributed by atoms with van der Waals surface area (Å²) < 4.78 is 26.7. The topological polar surface area (TPSA) is 169 Å². The zero-order valence-electron chi connectivity index (χ0n) is 32.6. The van der Waals surface area contributed by atoms with E-state index in [-0.39, 0.29) is 12.8 Å². The Bertz CT molecular complexity index is 989. The Labute approximate surface area is 315 Å². The molecule has 0 heterocycles. The highest BCUT2D eigenvalue weighted by molar-refractivity contribution is 7.47. The number of aliphatic carboxylic acids is 1. The third-order valence-electron chi connectivity index (χ3n) is 8.71. The molecule has 0 bridgehead atoms. The van der Waals surface area contributed by atoms with E-state index in [0.29, 0.717) is 12.8 Å². The average molecular weight is 760 g/mol. The van der Waals surface area contributed by atoms with Gasteiger partial charge in [-0.05, 0) is 64.2 Å². The highest BCUT2D eigenvalue weighted by atomic mass is 31.2. The quantitative estimate of drug-likeness (QED) is 0.0206. The first-order valence-electron chi connectivity index (χ1n) is 20.4. The lowest BCUT2D eigenvalue weighted by atomic mass is 10.1. The number of phosphoric acid groups is 1. The summed E-state index contributed by atoms with van der Waals surface area (Å²) in [6.07, 6.45) is 34.9. The van der Waals surface area contributed by atoms with Crippen LogP contribution in [0.25, 0.3) is 0 Å². The minimum absolute atomic E-state index is 0.136. The van der Waals surface area contributed by atoms with Crippen molar-refractivity contribution in [3.05, 3.63) is 24.3 Å². The summed E-state index contributed by atoms with van der Waals surface area (Å²) in [7, 11) is -4.75. The predicted molar refractivity (Wildman–Crippen MR) is 208 cm³/mol. The number of amides is 1. The van der Waals surface area contributed by atoms with E-state index >= 15 is 0 Å². The number of carboxylic acids is 1. The molecule has 0 rings (SSSR count). The van der Waals surface area contributed by atoms with Crippen molar-refractivity contribution in [2.24, 2.45) is 0 Å². The number of carboxylic acid groups (broad SMARTS) is 1. The van der Waals surface area contributed by atoms with Crippen LogP contribution in [0.3, 0.4) is 0 Å². The van der Waals surface area contributed by atoms with E-state index in [2.05, 4.69) is 43.5 Å². The number of phosphoric ester groups is 1. The van der Waals surface area contributed by atoms with Crippen molar-refractivity contribution in [2.75, 3.05) is 19.8 Å². The highest BCUT2D eigenvalue weighted by Gasteiger charge is 2.28. The fourth-order valence-corrected chi connectivity index (χ4v) is 6.25. The van der Waals surface area contributed by atoms with Gasteiger partial charge in [-0.15, -0.1) is 0 Å². The van der Waals surface area contributed by atoms with E-state index < -0.39 is 57.6 Å². The molecule has 0 fully saturated rings.